The predicted octanol–water partition coefficient (Wildman–Crippen LogP) is 4.39. The number of hydrogen-bond acceptors (Lipinski definition) is 4. The van der Waals surface area contributed by atoms with Crippen molar-refractivity contribution in [2.75, 3.05) is 20.2 Å². The van der Waals surface area contributed by atoms with E-state index in [4.69, 9.17) is 9.84 Å². The summed E-state index contributed by atoms with van der Waals surface area (Å²) in [6, 6.07) is 14.2. The number of ether oxygens (including phenoxy) is 1. The standard InChI is InChI=1S/C24H28FN3O2/c1-17-8-5-6-13-27(17)16-24(29)28-22(18-9-7-10-19(25)14-18)15-21(26-28)20-11-3-4-12-23(20)30-2/h3-4,7,9-12,14,17,22H,5-6,8,13,15-16H2,1-2H3. The highest BCUT2D eigenvalue weighted by Crippen LogP contribution is 2.35. The lowest BCUT2D eigenvalue weighted by Gasteiger charge is -2.34. The fraction of sp³-hybridized carbons (Fsp3) is 0.417. The number of hydrazone groups is 1. The summed E-state index contributed by atoms with van der Waals surface area (Å²) in [6.45, 7) is 3.42. The normalized spacial score (nSPS) is 22.1. The Labute approximate surface area is 177 Å². The van der Waals surface area contributed by atoms with E-state index in [1.54, 1.807) is 18.2 Å². The van der Waals surface area contributed by atoms with Gasteiger partial charge >= 0.3 is 0 Å². The number of para-hydroxylation sites is 1. The molecular formula is C24H28FN3O2. The number of benzene rings is 2. The smallest absolute Gasteiger partial charge is 0.257 e. The molecule has 1 fully saturated rings. The van der Waals surface area contributed by atoms with Crippen molar-refractivity contribution in [2.24, 2.45) is 5.10 Å². The number of rotatable bonds is 5. The van der Waals surface area contributed by atoms with Crippen LogP contribution < -0.4 is 4.74 Å². The molecule has 2 aromatic rings. The number of methoxy groups -OCH3 is 1. The summed E-state index contributed by atoms with van der Waals surface area (Å²) in [5.41, 5.74) is 2.40. The van der Waals surface area contributed by atoms with Gasteiger partial charge in [0.1, 0.15) is 11.6 Å². The fourth-order valence-corrected chi connectivity index (χ4v) is 4.40. The van der Waals surface area contributed by atoms with Crippen LogP contribution in [0.5, 0.6) is 5.75 Å². The van der Waals surface area contributed by atoms with Gasteiger partial charge < -0.3 is 4.74 Å². The number of halogens is 1. The molecule has 0 aliphatic carbocycles. The third-order valence-corrected chi connectivity index (χ3v) is 6.10. The van der Waals surface area contributed by atoms with E-state index < -0.39 is 0 Å². The van der Waals surface area contributed by atoms with Crippen LogP contribution in [0.3, 0.4) is 0 Å². The second-order valence-corrected chi connectivity index (χ2v) is 8.08. The summed E-state index contributed by atoms with van der Waals surface area (Å²) in [7, 11) is 1.62. The third-order valence-electron chi connectivity index (χ3n) is 6.10. The van der Waals surface area contributed by atoms with Crippen molar-refractivity contribution in [3.05, 3.63) is 65.5 Å². The van der Waals surface area contributed by atoms with Gasteiger partial charge in [-0.15, -0.1) is 0 Å². The molecular weight excluding hydrogens is 381 g/mol. The van der Waals surface area contributed by atoms with E-state index in [1.807, 2.05) is 30.3 Å². The summed E-state index contributed by atoms with van der Waals surface area (Å²) in [6.07, 6.45) is 3.94. The van der Waals surface area contributed by atoms with Crippen LogP contribution in [0, 0.1) is 5.82 Å². The molecule has 0 spiro atoms. The van der Waals surface area contributed by atoms with Crippen molar-refractivity contribution in [1.29, 1.82) is 0 Å². The molecule has 0 bridgehead atoms. The summed E-state index contributed by atoms with van der Waals surface area (Å²) >= 11 is 0. The Kier molecular flexibility index (Phi) is 6.13. The van der Waals surface area contributed by atoms with Gasteiger partial charge in [-0.05, 0) is 56.1 Å². The minimum atomic E-state index is -0.326. The summed E-state index contributed by atoms with van der Waals surface area (Å²) in [4.78, 5) is 15.5. The van der Waals surface area contributed by atoms with E-state index in [-0.39, 0.29) is 17.8 Å². The molecule has 0 aromatic heterocycles. The Morgan fingerprint density at radius 2 is 2.03 bits per heavy atom. The van der Waals surface area contributed by atoms with E-state index >= 15 is 0 Å². The predicted molar refractivity (Wildman–Crippen MR) is 115 cm³/mol. The summed E-state index contributed by atoms with van der Waals surface area (Å²) < 4.78 is 19.4. The van der Waals surface area contributed by atoms with Gasteiger partial charge in [0.05, 0.1) is 25.4 Å². The Morgan fingerprint density at radius 3 is 2.80 bits per heavy atom. The van der Waals surface area contributed by atoms with Gasteiger partial charge in [0.15, 0.2) is 0 Å². The Morgan fingerprint density at radius 1 is 1.20 bits per heavy atom. The summed E-state index contributed by atoms with van der Waals surface area (Å²) in [5, 5.41) is 6.27. The van der Waals surface area contributed by atoms with Crippen molar-refractivity contribution in [3.8, 4) is 5.75 Å². The Hall–Kier alpha value is -2.73. The first kappa shape index (κ1) is 20.5. The van der Waals surface area contributed by atoms with Crippen LogP contribution in [0.1, 0.15) is 49.8 Å². The zero-order valence-electron chi connectivity index (χ0n) is 17.6. The zero-order valence-corrected chi connectivity index (χ0v) is 17.6. The summed E-state index contributed by atoms with van der Waals surface area (Å²) in [5.74, 6) is 0.353. The van der Waals surface area contributed by atoms with E-state index in [0.717, 1.165) is 36.2 Å². The number of carbonyl (C=O) groups excluding carboxylic acids is 1. The second-order valence-electron chi connectivity index (χ2n) is 8.08. The van der Waals surface area contributed by atoms with Gasteiger partial charge in [0.25, 0.3) is 5.91 Å². The number of hydrogen-bond donors (Lipinski definition) is 0. The van der Waals surface area contributed by atoms with Crippen LogP contribution >= 0.6 is 0 Å². The molecule has 1 saturated heterocycles. The molecule has 2 heterocycles. The average Bonchev–Trinajstić information content (AvgIpc) is 3.21. The topological polar surface area (TPSA) is 45.1 Å². The number of likely N-dealkylation sites (tertiary alicyclic amines) is 1. The third kappa shape index (κ3) is 4.24. The first-order valence-electron chi connectivity index (χ1n) is 10.6. The highest BCUT2D eigenvalue weighted by atomic mass is 19.1. The zero-order chi connectivity index (χ0) is 21.1. The van der Waals surface area contributed by atoms with Crippen LogP contribution in [0.25, 0.3) is 0 Å². The minimum absolute atomic E-state index is 0.0529. The van der Waals surface area contributed by atoms with Crippen molar-refractivity contribution in [3.63, 3.8) is 0 Å². The van der Waals surface area contributed by atoms with Gasteiger partial charge in [0.2, 0.25) is 0 Å². The van der Waals surface area contributed by atoms with Gasteiger partial charge in [-0.1, -0.05) is 30.7 Å². The van der Waals surface area contributed by atoms with E-state index in [9.17, 15) is 9.18 Å². The first-order chi connectivity index (χ1) is 14.6. The molecule has 6 heteroatoms. The highest BCUT2D eigenvalue weighted by molar-refractivity contribution is 6.05. The molecule has 0 N–H and O–H groups in total. The largest absolute Gasteiger partial charge is 0.496 e. The Balaban J connectivity index is 1.65. The van der Waals surface area contributed by atoms with Crippen LogP contribution in [0.4, 0.5) is 4.39 Å². The Bertz CT molecular complexity index is 946. The van der Waals surface area contributed by atoms with Gasteiger partial charge in [-0.25, -0.2) is 9.40 Å². The molecule has 158 valence electrons. The molecule has 5 nitrogen and oxygen atoms in total. The maximum Gasteiger partial charge on any atom is 0.257 e. The van der Waals surface area contributed by atoms with Crippen LogP contribution in [-0.2, 0) is 4.79 Å². The molecule has 2 unspecified atom stereocenters. The fourth-order valence-electron chi connectivity index (χ4n) is 4.40. The van der Waals surface area contributed by atoms with E-state index in [0.29, 0.717) is 24.8 Å². The highest BCUT2D eigenvalue weighted by Gasteiger charge is 2.35. The molecule has 2 aliphatic rings. The average molecular weight is 410 g/mol. The lowest BCUT2D eigenvalue weighted by molar-refractivity contribution is -0.135. The molecule has 2 aliphatic heterocycles. The molecule has 0 saturated carbocycles. The monoisotopic (exact) mass is 409 g/mol. The number of nitrogens with zero attached hydrogens (tertiary/aromatic N) is 3. The molecule has 30 heavy (non-hydrogen) atoms. The maximum absolute atomic E-state index is 13.9. The van der Waals surface area contributed by atoms with E-state index in [2.05, 4.69) is 11.8 Å². The lowest BCUT2D eigenvalue weighted by Crippen LogP contribution is -2.44. The lowest BCUT2D eigenvalue weighted by atomic mass is 9.97. The maximum atomic E-state index is 13.9. The van der Waals surface area contributed by atoms with Crippen molar-refractivity contribution in [1.82, 2.24) is 9.91 Å². The quantitative estimate of drug-likeness (QED) is 0.736. The van der Waals surface area contributed by atoms with Crippen LogP contribution in [-0.4, -0.2) is 47.8 Å². The van der Waals surface area contributed by atoms with Gasteiger partial charge in [0, 0.05) is 18.0 Å². The van der Waals surface area contributed by atoms with Crippen LogP contribution in [0.2, 0.25) is 0 Å². The van der Waals surface area contributed by atoms with Crippen molar-refractivity contribution < 1.29 is 13.9 Å². The number of amides is 1. The van der Waals surface area contributed by atoms with Crippen LogP contribution in [0.15, 0.2) is 53.6 Å². The molecule has 1 amide bonds. The van der Waals surface area contributed by atoms with Crippen molar-refractivity contribution >= 4 is 11.6 Å². The second kappa shape index (κ2) is 8.96. The van der Waals surface area contributed by atoms with Crippen molar-refractivity contribution in [2.45, 2.75) is 44.7 Å². The molecule has 2 aromatic carbocycles. The van der Waals surface area contributed by atoms with E-state index in [1.165, 1.54) is 18.6 Å². The number of piperidine rings is 1. The molecule has 0 radical (unpaired) electrons. The molecule has 2 atom stereocenters. The van der Waals surface area contributed by atoms with Gasteiger partial charge in [-0.2, -0.15) is 5.10 Å². The minimum Gasteiger partial charge on any atom is -0.496 e. The molecule has 4 rings (SSSR count). The van der Waals surface area contributed by atoms with Gasteiger partial charge in [-0.3, -0.25) is 9.69 Å². The SMILES string of the molecule is COc1ccccc1C1=NN(C(=O)CN2CCCCC2C)C(c2cccc(F)c2)C1. The number of carbonyl (C=O) groups is 1. The first-order valence-corrected chi connectivity index (χ1v) is 10.6.